The Balaban J connectivity index is 1.76. The summed E-state index contributed by atoms with van der Waals surface area (Å²) in [6.07, 6.45) is 2.29. The zero-order valence-electron chi connectivity index (χ0n) is 10.8. The van der Waals surface area contributed by atoms with Gasteiger partial charge in [0.2, 0.25) is 0 Å². The van der Waals surface area contributed by atoms with E-state index in [2.05, 4.69) is 10.0 Å². The van der Waals surface area contributed by atoms with E-state index in [0.717, 1.165) is 5.56 Å². The lowest BCUT2D eigenvalue weighted by Crippen LogP contribution is -2.35. The minimum absolute atomic E-state index is 0.0606. The number of nitrogens with zero attached hydrogens (tertiary/aromatic N) is 3. The van der Waals surface area contributed by atoms with Crippen LogP contribution in [-0.4, -0.2) is 18.3 Å². The topological polar surface area (TPSA) is 58.0 Å². The number of halogens is 1. The summed E-state index contributed by atoms with van der Waals surface area (Å²) >= 11 is 0. The van der Waals surface area contributed by atoms with Gasteiger partial charge in [0.25, 0.3) is 0 Å². The van der Waals surface area contributed by atoms with E-state index in [9.17, 15) is 4.39 Å². The largest absolute Gasteiger partial charge is 0.374 e. The first kappa shape index (κ1) is 13.8. The highest BCUT2D eigenvalue weighted by Crippen LogP contribution is 2.33. The molecule has 0 saturated heterocycles. The predicted molar refractivity (Wildman–Crippen MR) is 71.3 cm³/mol. The molecule has 0 N–H and O–H groups in total. The smallest absolute Gasteiger partial charge is 0.116 e. The van der Waals surface area contributed by atoms with Gasteiger partial charge >= 0.3 is 0 Å². The van der Waals surface area contributed by atoms with Crippen LogP contribution >= 0.6 is 0 Å². The van der Waals surface area contributed by atoms with Gasteiger partial charge in [-0.2, -0.15) is 0 Å². The molecule has 0 unspecified atom stereocenters. The van der Waals surface area contributed by atoms with Crippen LogP contribution in [0.5, 0.6) is 0 Å². The van der Waals surface area contributed by atoms with Crippen LogP contribution in [0, 0.1) is 0 Å². The molecule has 1 aliphatic carbocycles. The number of alkyl halides is 1. The summed E-state index contributed by atoms with van der Waals surface area (Å²) in [6.45, 7) is 0.510. The van der Waals surface area contributed by atoms with Crippen LogP contribution < -0.4 is 0 Å². The molecule has 1 aromatic rings. The van der Waals surface area contributed by atoms with E-state index in [-0.39, 0.29) is 12.6 Å². The molecule has 1 aliphatic rings. The van der Waals surface area contributed by atoms with Crippen molar-refractivity contribution in [1.82, 2.24) is 0 Å². The third-order valence-corrected chi connectivity index (χ3v) is 3.57. The Hall–Kier alpha value is -1.58. The standard InChI is InChI=1S/C14H18FN3O/c15-14(11-17-18-16)8-6-13(7-9-14)19-10-12-4-2-1-3-5-12/h1-5,13H,6-11H2/t13-,14+. The van der Waals surface area contributed by atoms with E-state index < -0.39 is 5.67 Å². The number of hydrogen-bond acceptors (Lipinski definition) is 2. The summed E-state index contributed by atoms with van der Waals surface area (Å²) in [5, 5.41) is 3.35. The first-order chi connectivity index (χ1) is 9.22. The van der Waals surface area contributed by atoms with Gasteiger partial charge in [-0.25, -0.2) is 4.39 Å². The van der Waals surface area contributed by atoms with Gasteiger partial charge in [0, 0.05) is 4.91 Å². The third-order valence-electron chi connectivity index (χ3n) is 3.57. The SMILES string of the molecule is [N-]=[N+]=NC[C@]1(F)CC[C@@H](OCc2ccccc2)CC1. The van der Waals surface area contributed by atoms with E-state index >= 15 is 0 Å². The molecule has 1 aromatic carbocycles. The van der Waals surface area contributed by atoms with Gasteiger partial charge in [-0.1, -0.05) is 35.4 Å². The van der Waals surface area contributed by atoms with Crippen molar-refractivity contribution in [2.24, 2.45) is 5.11 Å². The van der Waals surface area contributed by atoms with Crippen LogP contribution in [0.2, 0.25) is 0 Å². The lowest BCUT2D eigenvalue weighted by Gasteiger charge is -2.32. The van der Waals surface area contributed by atoms with Crippen LogP contribution in [0.3, 0.4) is 0 Å². The highest BCUT2D eigenvalue weighted by Gasteiger charge is 2.34. The molecule has 1 fully saturated rings. The van der Waals surface area contributed by atoms with Gasteiger partial charge in [0.1, 0.15) is 5.67 Å². The summed E-state index contributed by atoms with van der Waals surface area (Å²) in [4.78, 5) is 2.62. The maximum absolute atomic E-state index is 14.2. The fraction of sp³-hybridized carbons (Fsp3) is 0.571. The minimum atomic E-state index is -1.33. The number of ether oxygens (including phenoxy) is 1. The Bertz CT molecular complexity index is 437. The zero-order chi connectivity index (χ0) is 13.6. The molecule has 0 heterocycles. The zero-order valence-corrected chi connectivity index (χ0v) is 10.8. The van der Waals surface area contributed by atoms with E-state index in [1.165, 1.54) is 0 Å². The molecule has 0 aliphatic heterocycles. The molecule has 1 saturated carbocycles. The van der Waals surface area contributed by atoms with Gasteiger partial charge in [0.05, 0.1) is 19.3 Å². The van der Waals surface area contributed by atoms with Crippen molar-refractivity contribution in [3.05, 3.63) is 46.3 Å². The van der Waals surface area contributed by atoms with Crippen molar-refractivity contribution in [2.45, 2.75) is 44.1 Å². The van der Waals surface area contributed by atoms with Gasteiger partial charge in [-0.15, -0.1) is 0 Å². The predicted octanol–water partition coefficient (Wildman–Crippen LogP) is 4.16. The maximum atomic E-state index is 14.2. The second-order valence-corrected chi connectivity index (χ2v) is 5.04. The molecule has 0 atom stereocenters. The average Bonchev–Trinajstić information content (AvgIpc) is 2.46. The monoisotopic (exact) mass is 263 g/mol. The van der Waals surface area contributed by atoms with E-state index in [1.54, 1.807) is 0 Å². The van der Waals surface area contributed by atoms with Gasteiger partial charge in [-0.3, -0.25) is 0 Å². The number of rotatable bonds is 5. The van der Waals surface area contributed by atoms with Crippen LogP contribution in [0.1, 0.15) is 31.2 Å². The highest BCUT2D eigenvalue weighted by atomic mass is 19.1. The second kappa shape index (κ2) is 6.55. The highest BCUT2D eigenvalue weighted by molar-refractivity contribution is 5.13. The van der Waals surface area contributed by atoms with Crippen LogP contribution in [-0.2, 0) is 11.3 Å². The summed E-state index contributed by atoms with van der Waals surface area (Å²) in [7, 11) is 0. The van der Waals surface area contributed by atoms with Crippen molar-refractivity contribution in [3.8, 4) is 0 Å². The fourth-order valence-corrected chi connectivity index (χ4v) is 2.38. The molecule has 0 aromatic heterocycles. The van der Waals surface area contributed by atoms with E-state index in [0.29, 0.717) is 32.3 Å². The first-order valence-corrected chi connectivity index (χ1v) is 6.57. The van der Waals surface area contributed by atoms with Crippen molar-refractivity contribution in [1.29, 1.82) is 0 Å². The van der Waals surface area contributed by atoms with Gasteiger partial charge in [0.15, 0.2) is 0 Å². The maximum Gasteiger partial charge on any atom is 0.116 e. The molecule has 19 heavy (non-hydrogen) atoms. The third kappa shape index (κ3) is 4.23. The van der Waals surface area contributed by atoms with E-state index in [1.807, 2.05) is 30.3 Å². The summed E-state index contributed by atoms with van der Waals surface area (Å²) in [5.74, 6) is 0. The van der Waals surface area contributed by atoms with Crippen LogP contribution in [0.15, 0.2) is 35.4 Å². The van der Waals surface area contributed by atoms with Gasteiger partial charge in [-0.05, 0) is 36.8 Å². The molecule has 0 radical (unpaired) electrons. The number of azide groups is 1. The summed E-state index contributed by atoms with van der Waals surface area (Å²) in [5.41, 5.74) is 8.04. The molecule has 102 valence electrons. The Morgan fingerprint density at radius 1 is 1.32 bits per heavy atom. The Labute approximate surface area is 112 Å². The molecule has 0 spiro atoms. The average molecular weight is 263 g/mol. The lowest BCUT2D eigenvalue weighted by molar-refractivity contribution is -0.0212. The molecule has 2 rings (SSSR count). The first-order valence-electron chi connectivity index (χ1n) is 6.57. The van der Waals surface area contributed by atoms with E-state index in [4.69, 9.17) is 10.3 Å². The Morgan fingerprint density at radius 3 is 2.63 bits per heavy atom. The molecule has 5 heteroatoms. The molecule has 0 bridgehead atoms. The fourth-order valence-electron chi connectivity index (χ4n) is 2.38. The second-order valence-electron chi connectivity index (χ2n) is 5.04. The molecule has 4 nitrogen and oxygen atoms in total. The minimum Gasteiger partial charge on any atom is -0.374 e. The lowest BCUT2D eigenvalue weighted by atomic mass is 9.85. The van der Waals surface area contributed by atoms with Crippen molar-refractivity contribution in [2.75, 3.05) is 6.54 Å². The van der Waals surface area contributed by atoms with Crippen molar-refractivity contribution < 1.29 is 9.13 Å². The Morgan fingerprint density at radius 2 is 2.00 bits per heavy atom. The number of benzene rings is 1. The molecule has 0 amide bonds. The Kier molecular flexibility index (Phi) is 4.77. The molecular weight excluding hydrogens is 245 g/mol. The van der Waals surface area contributed by atoms with Crippen molar-refractivity contribution in [3.63, 3.8) is 0 Å². The van der Waals surface area contributed by atoms with Gasteiger partial charge < -0.3 is 4.74 Å². The quantitative estimate of drug-likeness (QED) is 0.447. The van der Waals surface area contributed by atoms with Crippen LogP contribution in [0.4, 0.5) is 4.39 Å². The van der Waals surface area contributed by atoms with Crippen LogP contribution in [0.25, 0.3) is 10.4 Å². The summed E-state index contributed by atoms with van der Waals surface area (Å²) < 4.78 is 20.0. The normalized spacial score (nSPS) is 26.7. The number of hydrogen-bond donors (Lipinski definition) is 0. The summed E-state index contributed by atoms with van der Waals surface area (Å²) in [6, 6.07) is 9.96. The molecular formula is C14H18FN3O. The van der Waals surface area contributed by atoms with Crippen molar-refractivity contribution >= 4 is 0 Å².